The first-order valence-corrected chi connectivity index (χ1v) is 8.05. The van der Waals surface area contributed by atoms with Crippen LogP contribution >= 0.6 is 11.3 Å². The molecule has 0 radical (unpaired) electrons. The van der Waals surface area contributed by atoms with Crippen LogP contribution in [-0.2, 0) is 0 Å². The molecule has 0 aliphatic heterocycles. The van der Waals surface area contributed by atoms with Crippen molar-refractivity contribution >= 4 is 17.2 Å². The van der Waals surface area contributed by atoms with Crippen LogP contribution in [0.5, 0.6) is 0 Å². The maximum atomic E-state index is 12.3. The fourth-order valence-electron chi connectivity index (χ4n) is 2.94. The molecule has 2 N–H and O–H groups in total. The number of hydrogen-bond donors (Lipinski definition) is 2. The average molecular weight is 305 g/mol. The van der Waals surface area contributed by atoms with E-state index in [1.54, 1.807) is 12.5 Å². The number of nitrogens with one attached hydrogen (secondary N) is 1. The fourth-order valence-corrected chi connectivity index (χ4v) is 3.77. The summed E-state index contributed by atoms with van der Waals surface area (Å²) in [5.74, 6) is -0.0853. The Morgan fingerprint density at radius 2 is 2.38 bits per heavy atom. The molecule has 2 aromatic rings. The number of amides is 1. The van der Waals surface area contributed by atoms with Crippen LogP contribution in [-0.4, -0.2) is 32.7 Å². The first-order valence-electron chi connectivity index (χ1n) is 7.17. The number of aliphatic hydroxyl groups is 1. The molecule has 0 bridgehead atoms. The lowest BCUT2D eigenvalue weighted by Gasteiger charge is -2.35. The van der Waals surface area contributed by atoms with Crippen molar-refractivity contribution < 1.29 is 9.90 Å². The predicted octanol–water partition coefficient (Wildman–Crippen LogP) is 2.14. The summed E-state index contributed by atoms with van der Waals surface area (Å²) in [6, 6.07) is 1.71. The summed E-state index contributed by atoms with van der Waals surface area (Å²) in [5.41, 5.74) is 0.981. The van der Waals surface area contributed by atoms with Gasteiger partial charge in [0, 0.05) is 12.4 Å². The van der Waals surface area contributed by atoms with Gasteiger partial charge in [-0.2, -0.15) is 0 Å². The number of carbonyl (C=O) groups is 1. The maximum absolute atomic E-state index is 12.3. The van der Waals surface area contributed by atoms with Gasteiger partial charge in [-0.05, 0) is 43.2 Å². The number of aryl methyl sites for hydroxylation is 1. The predicted molar refractivity (Wildman–Crippen MR) is 81.4 cm³/mol. The van der Waals surface area contributed by atoms with E-state index >= 15 is 0 Å². The van der Waals surface area contributed by atoms with Crippen molar-refractivity contribution in [2.75, 3.05) is 0 Å². The summed E-state index contributed by atoms with van der Waals surface area (Å²) in [6.45, 7) is 1.93. The lowest BCUT2D eigenvalue weighted by atomic mass is 9.88. The van der Waals surface area contributed by atoms with Crippen molar-refractivity contribution in [2.24, 2.45) is 0 Å². The molecule has 0 saturated heterocycles. The number of imidazole rings is 1. The zero-order valence-corrected chi connectivity index (χ0v) is 12.7. The number of carbonyl (C=O) groups excluding carboxylic acids is 1. The molecular formula is C15H19N3O2S. The SMILES string of the molecule is Cc1ccsc1C(=O)N[C@@H]1CCC[C@@H](n2ccnc2)[C@@H]1O. The van der Waals surface area contributed by atoms with E-state index < -0.39 is 6.10 Å². The van der Waals surface area contributed by atoms with Crippen molar-refractivity contribution in [3.8, 4) is 0 Å². The van der Waals surface area contributed by atoms with Crippen molar-refractivity contribution in [3.63, 3.8) is 0 Å². The summed E-state index contributed by atoms with van der Waals surface area (Å²) in [4.78, 5) is 17.1. The normalized spacial score (nSPS) is 25.7. The molecule has 0 aromatic carbocycles. The minimum Gasteiger partial charge on any atom is -0.389 e. The molecule has 6 heteroatoms. The number of aliphatic hydroxyl groups excluding tert-OH is 1. The molecule has 112 valence electrons. The minimum absolute atomic E-state index is 0.0176. The summed E-state index contributed by atoms with van der Waals surface area (Å²) < 4.78 is 1.93. The van der Waals surface area contributed by atoms with E-state index in [1.807, 2.05) is 29.1 Å². The van der Waals surface area contributed by atoms with Gasteiger partial charge in [0.05, 0.1) is 29.4 Å². The summed E-state index contributed by atoms with van der Waals surface area (Å²) in [7, 11) is 0. The molecule has 3 rings (SSSR count). The lowest BCUT2D eigenvalue weighted by molar-refractivity contribution is 0.0400. The fraction of sp³-hybridized carbons (Fsp3) is 0.467. The molecular weight excluding hydrogens is 286 g/mol. The zero-order chi connectivity index (χ0) is 14.8. The Morgan fingerprint density at radius 3 is 3.05 bits per heavy atom. The van der Waals surface area contributed by atoms with Crippen LogP contribution in [0.3, 0.4) is 0 Å². The van der Waals surface area contributed by atoms with Crippen LogP contribution < -0.4 is 5.32 Å². The van der Waals surface area contributed by atoms with Crippen LogP contribution in [0.25, 0.3) is 0 Å². The van der Waals surface area contributed by atoms with Gasteiger partial charge < -0.3 is 15.0 Å². The van der Waals surface area contributed by atoms with E-state index in [9.17, 15) is 9.90 Å². The average Bonchev–Trinajstić information content (AvgIpc) is 3.12. The molecule has 1 aliphatic carbocycles. The second-order valence-corrected chi connectivity index (χ2v) is 6.43. The Labute approximate surface area is 127 Å². The third-order valence-electron chi connectivity index (χ3n) is 4.11. The largest absolute Gasteiger partial charge is 0.389 e. The molecule has 1 amide bonds. The van der Waals surface area contributed by atoms with Gasteiger partial charge in [0.15, 0.2) is 0 Å². The lowest BCUT2D eigenvalue weighted by Crippen LogP contribution is -2.49. The van der Waals surface area contributed by atoms with Crippen molar-refractivity contribution in [3.05, 3.63) is 40.6 Å². The monoisotopic (exact) mass is 305 g/mol. The standard InChI is InChI=1S/C15H19N3O2S/c1-10-5-8-21-14(10)15(20)17-11-3-2-4-12(13(11)19)18-7-6-16-9-18/h5-9,11-13,19H,2-4H2,1H3,(H,17,20)/t11-,12-,13-/m1/s1. The molecule has 21 heavy (non-hydrogen) atoms. The quantitative estimate of drug-likeness (QED) is 0.913. The topological polar surface area (TPSA) is 67.2 Å². The highest BCUT2D eigenvalue weighted by Gasteiger charge is 2.34. The molecule has 3 atom stereocenters. The highest BCUT2D eigenvalue weighted by atomic mass is 32.1. The van der Waals surface area contributed by atoms with Gasteiger partial charge in [-0.15, -0.1) is 11.3 Å². The first-order chi connectivity index (χ1) is 10.2. The Hall–Kier alpha value is -1.66. The number of rotatable bonds is 3. The summed E-state index contributed by atoms with van der Waals surface area (Å²) in [6.07, 6.45) is 7.41. The Kier molecular flexibility index (Phi) is 4.07. The van der Waals surface area contributed by atoms with E-state index in [0.29, 0.717) is 0 Å². The van der Waals surface area contributed by atoms with Gasteiger partial charge in [0.1, 0.15) is 0 Å². The van der Waals surface area contributed by atoms with Gasteiger partial charge >= 0.3 is 0 Å². The maximum Gasteiger partial charge on any atom is 0.261 e. The van der Waals surface area contributed by atoms with Gasteiger partial charge in [-0.3, -0.25) is 4.79 Å². The third-order valence-corrected chi connectivity index (χ3v) is 5.13. The molecule has 5 nitrogen and oxygen atoms in total. The minimum atomic E-state index is -0.586. The molecule has 0 unspecified atom stereocenters. The molecule has 2 heterocycles. The van der Waals surface area contributed by atoms with Crippen LogP contribution in [0, 0.1) is 6.92 Å². The van der Waals surface area contributed by atoms with Crippen molar-refractivity contribution in [1.82, 2.24) is 14.9 Å². The van der Waals surface area contributed by atoms with Crippen molar-refractivity contribution in [1.29, 1.82) is 0 Å². The molecule has 1 fully saturated rings. The molecule has 2 aromatic heterocycles. The third kappa shape index (κ3) is 2.87. The Balaban J connectivity index is 1.71. The second kappa shape index (κ2) is 5.99. The number of aromatic nitrogens is 2. The number of nitrogens with zero attached hydrogens (tertiary/aromatic N) is 2. The Morgan fingerprint density at radius 1 is 1.52 bits per heavy atom. The van der Waals surface area contributed by atoms with Crippen LogP contribution in [0.2, 0.25) is 0 Å². The van der Waals surface area contributed by atoms with E-state index in [0.717, 1.165) is 29.7 Å². The number of hydrogen-bond acceptors (Lipinski definition) is 4. The summed E-state index contributed by atoms with van der Waals surface area (Å²) >= 11 is 1.44. The smallest absolute Gasteiger partial charge is 0.261 e. The van der Waals surface area contributed by atoms with Crippen LogP contribution in [0.4, 0.5) is 0 Å². The van der Waals surface area contributed by atoms with E-state index in [1.165, 1.54) is 11.3 Å². The van der Waals surface area contributed by atoms with E-state index in [4.69, 9.17) is 0 Å². The second-order valence-electron chi connectivity index (χ2n) is 5.51. The van der Waals surface area contributed by atoms with Crippen molar-refractivity contribution in [2.45, 2.75) is 44.4 Å². The molecule has 1 aliphatic rings. The Bertz CT molecular complexity index is 608. The first kappa shape index (κ1) is 14.3. The molecule has 0 spiro atoms. The van der Waals surface area contributed by atoms with E-state index in [2.05, 4.69) is 10.3 Å². The highest BCUT2D eigenvalue weighted by molar-refractivity contribution is 7.12. The van der Waals surface area contributed by atoms with Gasteiger partial charge in [0.2, 0.25) is 0 Å². The number of thiophene rings is 1. The van der Waals surface area contributed by atoms with Gasteiger partial charge in [-0.25, -0.2) is 4.98 Å². The van der Waals surface area contributed by atoms with Crippen LogP contribution in [0.1, 0.15) is 40.5 Å². The zero-order valence-electron chi connectivity index (χ0n) is 11.9. The van der Waals surface area contributed by atoms with Crippen LogP contribution in [0.15, 0.2) is 30.2 Å². The summed E-state index contributed by atoms with van der Waals surface area (Å²) in [5, 5.41) is 15.5. The highest BCUT2D eigenvalue weighted by Crippen LogP contribution is 2.29. The van der Waals surface area contributed by atoms with Gasteiger partial charge in [-0.1, -0.05) is 0 Å². The van der Waals surface area contributed by atoms with Gasteiger partial charge in [0.25, 0.3) is 5.91 Å². The van der Waals surface area contributed by atoms with E-state index in [-0.39, 0.29) is 18.0 Å². The molecule has 1 saturated carbocycles.